The fraction of sp³-hybridized carbons (Fsp3) is 0.550. The molecule has 3 N–H and O–H groups in total. The second kappa shape index (κ2) is 10.5. The molecule has 0 spiro atoms. The maximum absolute atomic E-state index is 10.7. The number of thiophene rings is 1. The van der Waals surface area contributed by atoms with Gasteiger partial charge in [-0.3, -0.25) is 4.90 Å². The number of aromatic nitrogens is 2. The largest absolute Gasteiger partial charge is 0.383 e. The van der Waals surface area contributed by atoms with Crippen LogP contribution >= 0.6 is 11.3 Å². The van der Waals surface area contributed by atoms with Crippen LogP contribution in [0.3, 0.4) is 0 Å². The molecule has 1 aliphatic rings. The molecule has 8 nitrogen and oxygen atoms in total. The van der Waals surface area contributed by atoms with Gasteiger partial charge in [0.05, 0.1) is 6.54 Å². The molecule has 29 heavy (non-hydrogen) atoms. The van der Waals surface area contributed by atoms with Gasteiger partial charge >= 0.3 is 0 Å². The van der Waals surface area contributed by atoms with E-state index in [4.69, 9.17) is 0 Å². The Balaban J connectivity index is 1.43. The van der Waals surface area contributed by atoms with Crippen LogP contribution in [0.25, 0.3) is 0 Å². The van der Waals surface area contributed by atoms with Gasteiger partial charge in [-0.2, -0.15) is 0 Å². The van der Waals surface area contributed by atoms with Gasteiger partial charge in [-0.1, -0.05) is 6.07 Å². The van der Waals surface area contributed by atoms with Crippen LogP contribution < -0.4 is 15.5 Å². The van der Waals surface area contributed by atoms with Gasteiger partial charge in [0.2, 0.25) is 5.95 Å². The minimum atomic E-state index is -0.952. The summed E-state index contributed by atoms with van der Waals surface area (Å²) >= 11 is 1.55. The van der Waals surface area contributed by atoms with Gasteiger partial charge in [-0.25, -0.2) is 15.0 Å². The highest BCUT2D eigenvalue weighted by Crippen LogP contribution is 2.25. The SMILES string of the molecule is CCNC(=NCC(C)(O)c1cccs1)NCCN1CCN(c2ncccn2)CC1. The van der Waals surface area contributed by atoms with E-state index in [0.717, 1.165) is 62.6 Å². The molecule has 0 aromatic carbocycles. The number of aliphatic hydroxyl groups is 1. The number of guanidine groups is 1. The number of nitrogens with one attached hydrogen (secondary N) is 2. The first-order chi connectivity index (χ1) is 14.1. The smallest absolute Gasteiger partial charge is 0.225 e. The van der Waals surface area contributed by atoms with E-state index in [1.54, 1.807) is 23.7 Å². The van der Waals surface area contributed by atoms with E-state index >= 15 is 0 Å². The number of piperazine rings is 1. The zero-order valence-electron chi connectivity index (χ0n) is 17.2. The minimum absolute atomic E-state index is 0.318. The van der Waals surface area contributed by atoms with Gasteiger partial charge in [0, 0.05) is 63.1 Å². The molecule has 3 heterocycles. The van der Waals surface area contributed by atoms with Gasteiger partial charge in [0.25, 0.3) is 0 Å². The Kier molecular flexibility index (Phi) is 7.79. The normalized spacial score (nSPS) is 17.8. The number of hydrogen-bond donors (Lipinski definition) is 3. The Morgan fingerprint density at radius 2 is 1.97 bits per heavy atom. The van der Waals surface area contributed by atoms with Crippen LogP contribution in [0, 0.1) is 0 Å². The molecule has 1 aliphatic heterocycles. The summed E-state index contributed by atoms with van der Waals surface area (Å²) < 4.78 is 0. The van der Waals surface area contributed by atoms with E-state index in [9.17, 15) is 5.11 Å². The molecular weight excluding hydrogens is 386 g/mol. The average molecular weight is 418 g/mol. The Morgan fingerprint density at radius 1 is 1.21 bits per heavy atom. The van der Waals surface area contributed by atoms with Gasteiger partial charge in [-0.15, -0.1) is 11.3 Å². The van der Waals surface area contributed by atoms with E-state index in [2.05, 4.69) is 35.4 Å². The van der Waals surface area contributed by atoms with Crippen LogP contribution in [-0.4, -0.2) is 78.3 Å². The van der Waals surface area contributed by atoms with Crippen molar-refractivity contribution < 1.29 is 5.11 Å². The second-order valence-electron chi connectivity index (χ2n) is 7.25. The maximum atomic E-state index is 10.7. The molecule has 9 heteroatoms. The summed E-state index contributed by atoms with van der Waals surface area (Å²) in [5, 5.41) is 19.3. The van der Waals surface area contributed by atoms with Crippen molar-refractivity contribution in [1.82, 2.24) is 25.5 Å². The summed E-state index contributed by atoms with van der Waals surface area (Å²) in [6, 6.07) is 5.74. The van der Waals surface area contributed by atoms with Crippen molar-refractivity contribution in [3.05, 3.63) is 40.8 Å². The second-order valence-corrected chi connectivity index (χ2v) is 8.20. The van der Waals surface area contributed by atoms with Gasteiger partial charge in [0.15, 0.2) is 5.96 Å². The quantitative estimate of drug-likeness (QED) is 0.438. The van der Waals surface area contributed by atoms with E-state index in [-0.39, 0.29) is 0 Å². The zero-order chi connectivity index (χ0) is 20.5. The van der Waals surface area contributed by atoms with Gasteiger partial charge in [0.1, 0.15) is 5.60 Å². The van der Waals surface area contributed by atoms with Crippen LogP contribution in [0.5, 0.6) is 0 Å². The zero-order valence-corrected chi connectivity index (χ0v) is 18.0. The minimum Gasteiger partial charge on any atom is -0.383 e. The van der Waals surface area contributed by atoms with Crippen LogP contribution in [0.4, 0.5) is 5.95 Å². The predicted octanol–water partition coefficient (Wildman–Crippen LogP) is 1.12. The summed E-state index contributed by atoms with van der Waals surface area (Å²) in [5.41, 5.74) is -0.952. The van der Waals surface area contributed by atoms with Crippen molar-refractivity contribution in [2.45, 2.75) is 19.4 Å². The van der Waals surface area contributed by atoms with Crippen molar-refractivity contribution in [1.29, 1.82) is 0 Å². The summed E-state index contributed by atoms with van der Waals surface area (Å²) in [7, 11) is 0. The van der Waals surface area contributed by atoms with E-state index < -0.39 is 5.60 Å². The Hall–Kier alpha value is -2.23. The molecule has 1 atom stereocenters. The highest BCUT2D eigenvalue weighted by Gasteiger charge is 2.24. The first-order valence-corrected chi connectivity index (χ1v) is 11.0. The van der Waals surface area contributed by atoms with Gasteiger partial charge in [-0.05, 0) is 31.4 Å². The Labute approximate surface area is 176 Å². The molecule has 1 saturated heterocycles. The third-order valence-electron chi connectivity index (χ3n) is 4.87. The van der Waals surface area contributed by atoms with Crippen LogP contribution in [-0.2, 0) is 5.60 Å². The van der Waals surface area contributed by atoms with Crippen molar-refractivity contribution in [2.24, 2.45) is 4.99 Å². The molecule has 0 radical (unpaired) electrons. The van der Waals surface area contributed by atoms with Gasteiger partial charge < -0.3 is 20.6 Å². The summed E-state index contributed by atoms with van der Waals surface area (Å²) in [6.45, 7) is 10.5. The molecular formula is C20H31N7OS. The third-order valence-corrected chi connectivity index (χ3v) is 5.99. The lowest BCUT2D eigenvalue weighted by molar-refractivity contribution is 0.0711. The Morgan fingerprint density at radius 3 is 2.62 bits per heavy atom. The van der Waals surface area contributed by atoms with Crippen molar-refractivity contribution in [3.63, 3.8) is 0 Å². The number of nitrogens with zero attached hydrogens (tertiary/aromatic N) is 5. The Bertz CT molecular complexity index is 743. The number of rotatable bonds is 8. The lowest BCUT2D eigenvalue weighted by atomic mass is 10.1. The van der Waals surface area contributed by atoms with E-state index in [1.165, 1.54) is 0 Å². The first-order valence-electron chi connectivity index (χ1n) is 10.1. The van der Waals surface area contributed by atoms with Crippen molar-refractivity contribution in [3.8, 4) is 0 Å². The summed E-state index contributed by atoms with van der Waals surface area (Å²) in [6.07, 6.45) is 3.58. The number of aliphatic imine (C=N–C) groups is 1. The molecule has 2 aromatic rings. The topological polar surface area (TPSA) is 88.9 Å². The molecule has 2 aromatic heterocycles. The monoisotopic (exact) mass is 417 g/mol. The lowest BCUT2D eigenvalue weighted by Crippen LogP contribution is -2.49. The van der Waals surface area contributed by atoms with Crippen LogP contribution in [0.15, 0.2) is 41.0 Å². The van der Waals surface area contributed by atoms with Crippen molar-refractivity contribution in [2.75, 3.05) is 57.3 Å². The molecule has 0 bridgehead atoms. The third kappa shape index (κ3) is 6.38. The number of anilines is 1. The van der Waals surface area contributed by atoms with E-state index in [1.807, 2.05) is 37.4 Å². The molecule has 1 unspecified atom stereocenters. The fourth-order valence-electron chi connectivity index (χ4n) is 3.20. The molecule has 1 fully saturated rings. The van der Waals surface area contributed by atoms with Crippen molar-refractivity contribution >= 4 is 23.2 Å². The molecule has 0 saturated carbocycles. The molecule has 0 aliphatic carbocycles. The predicted molar refractivity (Wildman–Crippen MR) is 119 cm³/mol. The average Bonchev–Trinajstić information content (AvgIpc) is 3.29. The fourth-order valence-corrected chi connectivity index (χ4v) is 3.98. The maximum Gasteiger partial charge on any atom is 0.225 e. The highest BCUT2D eigenvalue weighted by molar-refractivity contribution is 7.10. The summed E-state index contributed by atoms with van der Waals surface area (Å²) in [4.78, 5) is 18.8. The van der Waals surface area contributed by atoms with Crippen LogP contribution in [0.2, 0.25) is 0 Å². The molecule has 0 amide bonds. The number of hydrogen-bond acceptors (Lipinski definition) is 7. The van der Waals surface area contributed by atoms with E-state index in [0.29, 0.717) is 6.54 Å². The highest BCUT2D eigenvalue weighted by atomic mass is 32.1. The molecule has 3 rings (SSSR count). The molecule has 158 valence electrons. The first kappa shape index (κ1) is 21.5. The lowest BCUT2D eigenvalue weighted by Gasteiger charge is -2.34. The van der Waals surface area contributed by atoms with Crippen LogP contribution in [0.1, 0.15) is 18.7 Å². The summed E-state index contributed by atoms with van der Waals surface area (Å²) in [5.74, 6) is 1.55. The standard InChI is InChI=1S/C20H31N7OS/c1-3-21-18(25-16-20(2,28)17-6-4-15-29-17)22-9-10-26-11-13-27(14-12-26)19-23-7-5-8-24-19/h4-8,15,28H,3,9-14,16H2,1-2H3,(H2,21,22,25).